The molecule has 1 aromatic heterocycles. The van der Waals surface area contributed by atoms with Gasteiger partial charge < -0.3 is 10.1 Å². The normalized spacial score (nSPS) is 10.8. The van der Waals surface area contributed by atoms with Gasteiger partial charge in [-0.05, 0) is 11.5 Å². The summed E-state index contributed by atoms with van der Waals surface area (Å²) in [7, 11) is 0. The number of aromatic hydroxyl groups is 1. The van der Waals surface area contributed by atoms with Gasteiger partial charge in [-0.25, -0.2) is 0 Å². The predicted octanol–water partition coefficient (Wildman–Crippen LogP) is 2.19. The Morgan fingerprint density at radius 3 is 2.50 bits per heavy atom. The number of hydrogen-bond acceptors (Lipinski definition) is 3. The largest absolute Gasteiger partial charge is 0.493 e. The molecule has 0 fully saturated rings. The number of nitrogens with zero attached hydrogens (tertiary/aromatic N) is 1. The second-order valence-electron chi connectivity index (χ2n) is 4.57. The van der Waals surface area contributed by atoms with Crippen LogP contribution in [0.2, 0.25) is 0 Å². The molecule has 0 bridgehead atoms. The van der Waals surface area contributed by atoms with Crippen molar-refractivity contribution >= 4 is 0 Å². The van der Waals surface area contributed by atoms with Gasteiger partial charge in [0, 0.05) is 6.42 Å². The lowest BCUT2D eigenvalue weighted by molar-refractivity contribution is 0.436. The summed E-state index contributed by atoms with van der Waals surface area (Å²) in [6.07, 6.45) is 0.502. The molecule has 2 N–H and O–H groups in total. The van der Waals surface area contributed by atoms with Gasteiger partial charge in [0.25, 0.3) is 5.56 Å². The van der Waals surface area contributed by atoms with Crippen LogP contribution in [-0.2, 0) is 6.42 Å². The van der Waals surface area contributed by atoms with E-state index >= 15 is 0 Å². The summed E-state index contributed by atoms with van der Waals surface area (Å²) < 4.78 is 0. The number of nitrogens with one attached hydrogen (secondary N) is 1. The van der Waals surface area contributed by atoms with Crippen molar-refractivity contribution in [1.29, 1.82) is 0 Å². The van der Waals surface area contributed by atoms with Crippen LogP contribution in [0.15, 0.2) is 35.1 Å². The molecule has 0 atom stereocenters. The first-order valence-corrected chi connectivity index (χ1v) is 5.94. The maximum atomic E-state index is 11.8. The molecule has 94 valence electrons. The molecule has 0 aliphatic heterocycles. The Hall–Kier alpha value is -2.10. The molecule has 0 amide bonds. The van der Waals surface area contributed by atoms with E-state index in [1.54, 1.807) is 0 Å². The van der Waals surface area contributed by atoms with Crippen molar-refractivity contribution in [3.8, 4) is 5.88 Å². The first-order chi connectivity index (χ1) is 8.58. The van der Waals surface area contributed by atoms with Crippen LogP contribution in [0.4, 0.5) is 0 Å². The number of rotatable bonds is 3. The molecule has 4 heteroatoms. The average molecular weight is 244 g/mol. The Bertz CT molecular complexity index is 588. The summed E-state index contributed by atoms with van der Waals surface area (Å²) in [5.41, 5.74) is 1.12. The molecular formula is C14H16N2O2. The van der Waals surface area contributed by atoms with Gasteiger partial charge in [-0.3, -0.25) is 4.79 Å². The molecule has 1 heterocycles. The van der Waals surface area contributed by atoms with E-state index in [1.807, 2.05) is 44.2 Å². The van der Waals surface area contributed by atoms with E-state index < -0.39 is 0 Å². The number of aromatic nitrogens is 2. The number of H-pyrrole nitrogens is 1. The zero-order chi connectivity index (χ0) is 13.1. The van der Waals surface area contributed by atoms with Crippen LogP contribution in [-0.4, -0.2) is 15.1 Å². The molecule has 4 nitrogen and oxygen atoms in total. The van der Waals surface area contributed by atoms with Gasteiger partial charge in [0.2, 0.25) is 5.88 Å². The number of aromatic amines is 1. The molecule has 0 saturated carbocycles. The molecular weight excluding hydrogens is 228 g/mol. The highest BCUT2D eigenvalue weighted by atomic mass is 16.3. The molecule has 18 heavy (non-hydrogen) atoms. The van der Waals surface area contributed by atoms with Crippen molar-refractivity contribution in [2.45, 2.75) is 26.2 Å². The summed E-state index contributed by atoms with van der Waals surface area (Å²) in [6.45, 7) is 3.70. The third-order valence-electron chi connectivity index (χ3n) is 2.78. The van der Waals surface area contributed by atoms with Crippen molar-refractivity contribution < 1.29 is 5.11 Å². The fourth-order valence-electron chi connectivity index (χ4n) is 1.91. The van der Waals surface area contributed by atoms with Crippen molar-refractivity contribution in [1.82, 2.24) is 9.97 Å². The monoisotopic (exact) mass is 244 g/mol. The van der Waals surface area contributed by atoms with Crippen LogP contribution >= 0.6 is 0 Å². The quantitative estimate of drug-likeness (QED) is 0.869. The molecule has 0 radical (unpaired) electrons. The van der Waals surface area contributed by atoms with E-state index in [1.165, 1.54) is 0 Å². The van der Waals surface area contributed by atoms with E-state index in [9.17, 15) is 9.90 Å². The van der Waals surface area contributed by atoms with Crippen LogP contribution < -0.4 is 5.56 Å². The molecule has 0 spiro atoms. The zero-order valence-electron chi connectivity index (χ0n) is 10.5. The van der Waals surface area contributed by atoms with E-state index in [4.69, 9.17) is 0 Å². The van der Waals surface area contributed by atoms with Gasteiger partial charge >= 0.3 is 0 Å². The van der Waals surface area contributed by atoms with Crippen LogP contribution in [0, 0.1) is 0 Å². The van der Waals surface area contributed by atoms with Gasteiger partial charge in [0.05, 0.1) is 5.56 Å². The molecule has 0 aliphatic carbocycles. The Kier molecular flexibility index (Phi) is 3.46. The van der Waals surface area contributed by atoms with Crippen LogP contribution in [0.1, 0.15) is 36.7 Å². The van der Waals surface area contributed by atoms with Crippen molar-refractivity contribution in [2.75, 3.05) is 0 Å². The lowest BCUT2D eigenvalue weighted by Crippen LogP contribution is -2.18. The molecule has 0 unspecified atom stereocenters. The zero-order valence-corrected chi connectivity index (χ0v) is 10.5. The van der Waals surface area contributed by atoms with Gasteiger partial charge in [0.15, 0.2) is 0 Å². The molecule has 0 aliphatic rings. The second kappa shape index (κ2) is 5.04. The van der Waals surface area contributed by atoms with Crippen LogP contribution in [0.5, 0.6) is 5.88 Å². The van der Waals surface area contributed by atoms with Gasteiger partial charge in [0.1, 0.15) is 5.82 Å². The minimum absolute atomic E-state index is 0.0491. The summed E-state index contributed by atoms with van der Waals surface area (Å²) in [5, 5.41) is 9.79. The summed E-state index contributed by atoms with van der Waals surface area (Å²) >= 11 is 0. The Balaban J connectivity index is 2.35. The molecule has 0 saturated heterocycles. The molecule has 1 aromatic carbocycles. The SMILES string of the molecule is CC(C)c1c(O)nc(Cc2ccccc2)[nH]c1=O. The minimum Gasteiger partial charge on any atom is -0.493 e. The van der Waals surface area contributed by atoms with E-state index in [2.05, 4.69) is 9.97 Å². The van der Waals surface area contributed by atoms with E-state index in [0.717, 1.165) is 5.56 Å². The fourth-order valence-corrected chi connectivity index (χ4v) is 1.91. The average Bonchev–Trinajstić information content (AvgIpc) is 2.28. The highest BCUT2D eigenvalue weighted by Gasteiger charge is 2.13. The number of benzene rings is 1. The Morgan fingerprint density at radius 2 is 1.94 bits per heavy atom. The lowest BCUT2D eigenvalue weighted by Gasteiger charge is -2.08. The van der Waals surface area contributed by atoms with Gasteiger partial charge in [-0.2, -0.15) is 4.98 Å². The van der Waals surface area contributed by atoms with Crippen molar-refractivity contribution in [2.24, 2.45) is 0 Å². The third kappa shape index (κ3) is 2.59. The van der Waals surface area contributed by atoms with Crippen molar-refractivity contribution in [3.05, 3.63) is 57.6 Å². The van der Waals surface area contributed by atoms with E-state index in [0.29, 0.717) is 17.8 Å². The maximum absolute atomic E-state index is 11.8. The predicted molar refractivity (Wildman–Crippen MR) is 69.9 cm³/mol. The standard InChI is InChI=1S/C14H16N2O2/c1-9(2)12-13(17)15-11(16-14(12)18)8-10-6-4-3-5-7-10/h3-7,9H,8H2,1-2H3,(H2,15,16,17,18). The Labute approximate surface area is 105 Å². The second-order valence-corrected chi connectivity index (χ2v) is 4.57. The highest BCUT2D eigenvalue weighted by Crippen LogP contribution is 2.19. The van der Waals surface area contributed by atoms with Gasteiger partial charge in [-0.15, -0.1) is 0 Å². The van der Waals surface area contributed by atoms with Crippen molar-refractivity contribution in [3.63, 3.8) is 0 Å². The third-order valence-corrected chi connectivity index (χ3v) is 2.78. The molecule has 2 rings (SSSR count). The summed E-state index contributed by atoms with van der Waals surface area (Å²) in [4.78, 5) is 18.6. The van der Waals surface area contributed by atoms with Gasteiger partial charge in [-0.1, -0.05) is 44.2 Å². The molecule has 2 aromatic rings. The first kappa shape index (κ1) is 12.4. The maximum Gasteiger partial charge on any atom is 0.258 e. The highest BCUT2D eigenvalue weighted by molar-refractivity contribution is 5.27. The smallest absolute Gasteiger partial charge is 0.258 e. The Morgan fingerprint density at radius 1 is 1.28 bits per heavy atom. The minimum atomic E-state index is -0.261. The topological polar surface area (TPSA) is 66.0 Å². The summed E-state index contributed by atoms with van der Waals surface area (Å²) in [5.74, 6) is 0.264. The first-order valence-electron chi connectivity index (χ1n) is 5.94. The fraction of sp³-hybridized carbons (Fsp3) is 0.286. The lowest BCUT2D eigenvalue weighted by atomic mass is 10.1. The van der Waals surface area contributed by atoms with E-state index in [-0.39, 0.29) is 17.4 Å². The van der Waals surface area contributed by atoms with Crippen LogP contribution in [0.25, 0.3) is 0 Å². The summed E-state index contributed by atoms with van der Waals surface area (Å²) in [6, 6.07) is 9.69. The van der Waals surface area contributed by atoms with Crippen LogP contribution in [0.3, 0.4) is 0 Å². The number of hydrogen-bond donors (Lipinski definition) is 2.